The van der Waals surface area contributed by atoms with Crippen molar-refractivity contribution in [2.45, 2.75) is 39.3 Å². The molecule has 1 aromatic rings. The van der Waals surface area contributed by atoms with E-state index in [2.05, 4.69) is 31.1 Å². The highest BCUT2D eigenvalue weighted by atomic mass is 16.6. The summed E-state index contributed by atoms with van der Waals surface area (Å²) in [6.45, 7) is 5.18. The second-order valence-corrected chi connectivity index (χ2v) is 4.91. The topological polar surface area (TPSA) is 58.4 Å². The van der Waals surface area contributed by atoms with Crippen LogP contribution >= 0.6 is 0 Å². The van der Waals surface area contributed by atoms with Crippen molar-refractivity contribution in [3.63, 3.8) is 0 Å². The van der Waals surface area contributed by atoms with E-state index in [1.54, 1.807) is 13.1 Å². The van der Waals surface area contributed by atoms with Gasteiger partial charge in [0.1, 0.15) is 5.69 Å². The van der Waals surface area contributed by atoms with Crippen molar-refractivity contribution in [2.75, 3.05) is 19.4 Å². The summed E-state index contributed by atoms with van der Waals surface area (Å²) in [5, 5.41) is 13.7. The Kier molecular flexibility index (Phi) is 5.76. The van der Waals surface area contributed by atoms with Crippen molar-refractivity contribution in [1.29, 1.82) is 0 Å². The largest absolute Gasteiger partial charge is 0.383 e. The van der Waals surface area contributed by atoms with Crippen LogP contribution in [0.5, 0.6) is 0 Å². The molecule has 0 aliphatic heterocycles. The second kappa shape index (κ2) is 7.09. The van der Waals surface area contributed by atoms with E-state index in [9.17, 15) is 10.1 Å². The Labute approximate surface area is 114 Å². The minimum Gasteiger partial charge on any atom is -0.383 e. The molecule has 1 N–H and O–H groups in total. The fourth-order valence-electron chi connectivity index (χ4n) is 2.12. The van der Waals surface area contributed by atoms with Gasteiger partial charge in [-0.3, -0.25) is 15.0 Å². The van der Waals surface area contributed by atoms with Crippen molar-refractivity contribution in [3.8, 4) is 0 Å². The van der Waals surface area contributed by atoms with Crippen molar-refractivity contribution >= 4 is 11.4 Å². The quantitative estimate of drug-likeness (QED) is 0.607. The molecule has 1 rings (SSSR count). The first-order valence-electron chi connectivity index (χ1n) is 6.64. The molecule has 1 unspecified atom stereocenters. The molecular weight excluding hydrogens is 242 g/mol. The lowest BCUT2D eigenvalue weighted by atomic mass is 10.1. The standard InChI is InChI=1S/C14H23N3O2/c1-5-6-11(2)16(4)10-12-7-8-14(17(18)19)13(9-12)15-3/h7-9,11,15H,5-6,10H2,1-4H3. The maximum absolute atomic E-state index is 10.9. The summed E-state index contributed by atoms with van der Waals surface area (Å²) in [5.41, 5.74) is 1.77. The molecule has 0 spiro atoms. The predicted octanol–water partition coefficient (Wildman–Crippen LogP) is 3.26. The van der Waals surface area contributed by atoms with E-state index in [4.69, 9.17) is 0 Å². The van der Waals surface area contributed by atoms with Gasteiger partial charge < -0.3 is 5.32 Å². The number of nitro groups is 1. The Morgan fingerprint density at radius 1 is 1.47 bits per heavy atom. The molecule has 0 aliphatic rings. The number of benzene rings is 1. The van der Waals surface area contributed by atoms with E-state index in [0.717, 1.165) is 24.9 Å². The Morgan fingerprint density at radius 3 is 2.68 bits per heavy atom. The zero-order chi connectivity index (χ0) is 14.4. The van der Waals surface area contributed by atoms with Crippen LogP contribution in [0.4, 0.5) is 11.4 Å². The Morgan fingerprint density at radius 2 is 2.16 bits per heavy atom. The van der Waals surface area contributed by atoms with Crippen LogP contribution in [0.2, 0.25) is 0 Å². The van der Waals surface area contributed by atoms with E-state index in [0.29, 0.717) is 11.7 Å². The van der Waals surface area contributed by atoms with E-state index >= 15 is 0 Å². The fourth-order valence-corrected chi connectivity index (χ4v) is 2.12. The average molecular weight is 265 g/mol. The lowest BCUT2D eigenvalue weighted by Gasteiger charge is -2.24. The fraction of sp³-hybridized carbons (Fsp3) is 0.571. The van der Waals surface area contributed by atoms with Gasteiger partial charge in [-0.1, -0.05) is 19.4 Å². The van der Waals surface area contributed by atoms with Crippen molar-refractivity contribution < 1.29 is 4.92 Å². The Hall–Kier alpha value is -1.62. The predicted molar refractivity (Wildman–Crippen MR) is 78.5 cm³/mol. The highest BCUT2D eigenvalue weighted by molar-refractivity contribution is 5.62. The third kappa shape index (κ3) is 4.21. The number of nitrogens with zero attached hydrogens (tertiary/aromatic N) is 2. The molecule has 1 aromatic carbocycles. The molecule has 0 amide bonds. The monoisotopic (exact) mass is 265 g/mol. The summed E-state index contributed by atoms with van der Waals surface area (Å²) >= 11 is 0. The zero-order valence-corrected chi connectivity index (χ0v) is 12.1. The molecule has 0 aromatic heterocycles. The van der Waals surface area contributed by atoms with Gasteiger partial charge in [0.25, 0.3) is 5.69 Å². The van der Waals surface area contributed by atoms with Gasteiger partial charge in [-0.25, -0.2) is 0 Å². The molecule has 0 fully saturated rings. The van der Waals surface area contributed by atoms with Gasteiger partial charge in [0.15, 0.2) is 0 Å². The molecular formula is C14H23N3O2. The SMILES string of the molecule is CCCC(C)N(C)Cc1ccc([N+](=O)[O-])c(NC)c1. The van der Waals surface area contributed by atoms with Gasteiger partial charge in [0.05, 0.1) is 4.92 Å². The molecule has 0 radical (unpaired) electrons. The molecule has 106 valence electrons. The minimum atomic E-state index is -0.362. The van der Waals surface area contributed by atoms with Crippen LogP contribution in [0.3, 0.4) is 0 Å². The number of hydrogen-bond acceptors (Lipinski definition) is 4. The van der Waals surface area contributed by atoms with Crippen molar-refractivity contribution in [1.82, 2.24) is 4.90 Å². The van der Waals surface area contributed by atoms with Gasteiger partial charge in [0, 0.05) is 25.7 Å². The molecule has 5 nitrogen and oxygen atoms in total. The van der Waals surface area contributed by atoms with Crippen LogP contribution in [0.1, 0.15) is 32.3 Å². The molecule has 0 aliphatic carbocycles. The summed E-state index contributed by atoms with van der Waals surface area (Å²) in [7, 11) is 3.79. The number of nitro benzene ring substituents is 1. The third-order valence-corrected chi connectivity index (χ3v) is 3.42. The highest BCUT2D eigenvalue weighted by Gasteiger charge is 2.14. The van der Waals surface area contributed by atoms with Crippen LogP contribution in [-0.2, 0) is 6.54 Å². The normalized spacial score (nSPS) is 12.5. The molecule has 0 saturated heterocycles. The van der Waals surface area contributed by atoms with E-state index < -0.39 is 0 Å². The first-order valence-corrected chi connectivity index (χ1v) is 6.64. The van der Waals surface area contributed by atoms with Gasteiger partial charge >= 0.3 is 0 Å². The van der Waals surface area contributed by atoms with Gasteiger partial charge in [-0.05, 0) is 32.0 Å². The van der Waals surface area contributed by atoms with Crippen molar-refractivity contribution in [2.24, 2.45) is 0 Å². The molecule has 5 heteroatoms. The minimum absolute atomic E-state index is 0.121. The van der Waals surface area contributed by atoms with Crippen LogP contribution in [0.15, 0.2) is 18.2 Å². The number of rotatable bonds is 7. The highest BCUT2D eigenvalue weighted by Crippen LogP contribution is 2.25. The smallest absolute Gasteiger partial charge is 0.292 e. The van der Waals surface area contributed by atoms with Crippen LogP contribution < -0.4 is 5.32 Å². The summed E-state index contributed by atoms with van der Waals surface area (Å²) in [4.78, 5) is 12.8. The first kappa shape index (κ1) is 15.4. The number of hydrogen-bond donors (Lipinski definition) is 1. The third-order valence-electron chi connectivity index (χ3n) is 3.42. The summed E-state index contributed by atoms with van der Waals surface area (Å²) in [5.74, 6) is 0. The van der Waals surface area contributed by atoms with Crippen LogP contribution in [0, 0.1) is 10.1 Å². The summed E-state index contributed by atoms with van der Waals surface area (Å²) in [6.07, 6.45) is 2.32. The molecule has 0 heterocycles. The maximum atomic E-state index is 10.9. The Balaban J connectivity index is 2.82. The Bertz CT molecular complexity index is 435. The summed E-state index contributed by atoms with van der Waals surface area (Å²) in [6, 6.07) is 5.76. The van der Waals surface area contributed by atoms with Crippen LogP contribution in [-0.4, -0.2) is 30.0 Å². The number of nitrogens with one attached hydrogen (secondary N) is 1. The van der Waals surface area contributed by atoms with E-state index in [1.165, 1.54) is 0 Å². The summed E-state index contributed by atoms with van der Waals surface area (Å²) < 4.78 is 0. The number of anilines is 1. The molecule has 0 bridgehead atoms. The van der Waals surface area contributed by atoms with E-state index in [-0.39, 0.29) is 10.6 Å². The maximum Gasteiger partial charge on any atom is 0.292 e. The van der Waals surface area contributed by atoms with Crippen molar-refractivity contribution in [3.05, 3.63) is 33.9 Å². The van der Waals surface area contributed by atoms with E-state index in [1.807, 2.05) is 12.1 Å². The molecule has 0 saturated carbocycles. The van der Waals surface area contributed by atoms with Gasteiger partial charge in [0.2, 0.25) is 0 Å². The molecule has 19 heavy (non-hydrogen) atoms. The van der Waals surface area contributed by atoms with Gasteiger partial charge in [-0.2, -0.15) is 0 Å². The lowest BCUT2D eigenvalue weighted by Crippen LogP contribution is -2.28. The van der Waals surface area contributed by atoms with Gasteiger partial charge in [-0.15, -0.1) is 0 Å². The second-order valence-electron chi connectivity index (χ2n) is 4.91. The zero-order valence-electron chi connectivity index (χ0n) is 12.1. The van der Waals surface area contributed by atoms with Crippen LogP contribution in [0.25, 0.3) is 0 Å². The average Bonchev–Trinajstić information content (AvgIpc) is 2.38. The lowest BCUT2D eigenvalue weighted by molar-refractivity contribution is -0.384. The first-order chi connectivity index (χ1) is 8.99. The molecule has 1 atom stereocenters.